The number of carboxylic acids is 1. The van der Waals surface area contributed by atoms with E-state index < -0.39 is 5.97 Å². The first kappa shape index (κ1) is 10.4. The number of benzene rings is 1. The molecule has 1 aromatic carbocycles. The van der Waals surface area contributed by atoms with Gasteiger partial charge in [0, 0.05) is 5.56 Å². The first-order valence-electron chi connectivity index (χ1n) is 4.29. The lowest BCUT2D eigenvalue weighted by Crippen LogP contribution is -2.05. The van der Waals surface area contributed by atoms with E-state index in [-0.39, 0.29) is 11.3 Å². The third-order valence-corrected chi connectivity index (χ3v) is 2.40. The van der Waals surface area contributed by atoms with Crippen LogP contribution in [-0.4, -0.2) is 16.9 Å². The Kier molecular flexibility index (Phi) is 2.70. The van der Waals surface area contributed by atoms with Gasteiger partial charge in [0.15, 0.2) is 5.78 Å². The molecule has 0 aliphatic rings. The average Bonchev–Trinajstić information content (AvgIpc) is 2.08. The standard InChI is InChI=1S/C11H12O3/c1-6-7(2)10(11(13)14)5-4-9(6)8(3)12/h4-5H,1-3H3,(H,13,14). The molecule has 0 unspecified atom stereocenters. The van der Waals surface area contributed by atoms with E-state index in [1.165, 1.54) is 13.0 Å². The van der Waals surface area contributed by atoms with Gasteiger partial charge < -0.3 is 5.11 Å². The van der Waals surface area contributed by atoms with Crippen molar-refractivity contribution in [3.05, 3.63) is 34.4 Å². The minimum Gasteiger partial charge on any atom is -0.478 e. The van der Waals surface area contributed by atoms with Crippen molar-refractivity contribution in [2.75, 3.05) is 0 Å². The molecule has 0 fully saturated rings. The van der Waals surface area contributed by atoms with Gasteiger partial charge >= 0.3 is 5.97 Å². The number of hydrogen-bond acceptors (Lipinski definition) is 2. The second-order valence-corrected chi connectivity index (χ2v) is 3.27. The topological polar surface area (TPSA) is 54.4 Å². The maximum Gasteiger partial charge on any atom is 0.335 e. The fourth-order valence-electron chi connectivity index (χ4n) is 1.43. The number of Topliss-reactive ketones (excluding diaryl/α,β-unsaturated/α-hetero) is 1. The minimum atomic E-state index is -0.958. The Balaban J connectivity index is 3.41. The molecular weight excluding hydrogens is 180 g/mol. The Morgan fingerprint density at radius 2 is 1.50 bits per heavy atom. The molecule has 3 heteroatoms. The molecule has 74 valence electrons. The van der Waals surface area contributed by atoms with Crippen LogP contribution in [0.3, 0.4) is 0 Å². The zero-order chi connectivity index (χ0) is 10.9. The summed E-state index contributed by atoms with van der Waals surface area (Å²) < 4.78 is 0. The highest BCUT2D eigenvalue weighted by Gasteiger charge is 2.13. The van der Waals surface area contributed by atoms with Crippen molar-refractivity contribution < 1.29 is 14.7 Å². The Morgan fingerprint density at radius 3 is 1.93 bits per heavy atom. The SMILES string of the molecule is CC(=O)c1ccc(C(=O)O)c(C)c1C. The third-order valence-electron chi connectivity index (χ3n) is 2.40. The molecule has 1 aromatic rings. The molecule has 0 bridgehead atoms. The maximum atomic E-state index is 11.2. The minimum absolute atomic E-state index is 0.0393. The zero-order valence-electron chi connectivity index (χ0n) is 8.42. The smallest absolute Gasteiger partial charge is 0.335 e. The zero-order valence-corrected chi connectivity index (χ0v) is 8.42. The quantitative estimate of drug-likeness (QED) is 0.731. The molecule has 0 atom stereocenters. The Morgan fingerprint density at radius 1 is 1.07 bits per heavy atom. The van der Waals surface area contributed by atoms with Gasteiger partial charge in [-0.3, -0.25) is 4.79 Å². The van der Waals surface area contributed by atoms with E-state index in [1.807, 2.05) is 0 Å². The van der Waals surface area contributed by atoms with Gasteiger partial charge in [0.2, 0.25) is 0 Å². The number of carbonyl (C=O) groups is 2. The van der Waals surface area contributed by atoms with Crippen LogP contribution < -0.4 is 0 Å². The van der Waals surface area contributed by atoms with E-state index in [2.05, 4.69) is 0 Å². The van der Waals surface area contributed by atoms with E-state index in [4.69, 9.17) is 5.11 Å². The van der Waals surface area contributed by atoms with E-state index >= 15 is 0 Å². The van der Waals surface area contributed by atoms with Gasteiger partial charge in [-0.05, 0) is 38.0 Å². The highest BCUT2D eigenvalue weighted by molar-refractivity contribution is 5.98. The van der Waals surface area contributed by atoms with E-state index in [1.54, 1.807) is 19.9 Å². The van der Waals surface area contributed by atoms with Gasteiger partial charge in [0.1, 0.15) is 0 Å². The van der Waals surface area contributed by atoms with E-state index in [0.29, 0.717) is 11.1 Å². The second-order valence-electron chi connectivity index (χ2n) is 3.27. The van der Waals surface area contributed by atoms with Gasteiger partial charge in [-0.15, -0.1) is 0 Å². The van der Waals surface area contributed by atoms with Crippen LogP contribution in [0.1, 0.15) is 38.8 Å². The molecule has 0 saturated heterocycles. The van der Waals surface area contributed by atoms with E-state index in [9.17, 15) is 9.59 Å². The lowest BCUT2D eigenvalue weighted by atomic mass is 9.96. The summed E-state index contributed by atoms with van der Waals surface area (Å²) in [5.74, 6) is -0.997. The summed E-state index contributed by atoms with van der Waals surface area (Å²) in [5, 5.41) is 8.83. The van der Waals surface area contributed by atoms with Gasteiger partial charge in [0.05, 0.1) is 5.56 Å². The normalized spacial score (nSPS) is 9.93. The summed E-state index contributed by atoms with van der Waals surface area (Å²) in [6.45, 7) is 4.95. The van der Waals surface area contributed by atoms with Crippen LogP contribution in [0.5, 0.6) is 0 Å². The highest BCUT2D eigenvalue weighted by atomic mass is 16.4. The molecule has 0 saturated carbocycles. The fraction of sp³-hybridized carbons (Fsp3) is 0.273. The molecule has 0 aliphatic heterocycles. The molecule has 3 nitrogen and oxygen atoms in total. The number of aromatic carboxylic acids is 1. The summed E-state index contributed by atoms with van der Waals surface area (Å²) in [6.07, 6.45) is 0. The Bertz CT molecular complexity index is 366. The summed E-state index contributed by atoms with van der Waals surface area (Å²) in [5.41, 5.74) is 2.25. The van der Waals surface area contributed by atoms with E-state index in [0.717, 1.165) is 5.56 Å². The van der Waals surface area contributed by atoms with Crippen molar-refractivity contribution in [2.24, 2.45) is 0 Å². The monoisotopic (exact) mass is 192 g/mol. The largest absolute Gasteiger partial charge is 0.478 e. The van der Waals surface area contributed by atoms with Crippen molar-refractivity contribution in [1.29, 1.82) is 0 Å². The molecular formula is C11H12O3. The molecule has 0 aliphatic carbocycles. The van der Waals surface area contributed by atoms with Crippen molar-refractivity contribution in [2.45, 2.75) is 20.8 Å². The summed E-state index contributed by atoms with van der Waals surface area (Å²) >= 11 is 0. The third kappa shape index (κ3) is 1.66. The lowest BCUT2D eigenvalue weighted by molar-refractivity contribution is 0.0695. The number of carboxylic acid groups (broad SMARTS) is 1. The first-order valence-corrected chi connectivity index (χ1v) is 4.29. The molecule has 14 heavy (non-hydrogen) atoms. The molecule has 1 rings (SSSR count). The van der Waals surface area contributed by atoms with Gasteiger partial charge in [-0.25, -0.2) is 4.79 Å². The Labute approximate surface area is 82.4 Å². The number of rotatable bonds is 2. The van der Waals surface area contributed by atoms with Crippen molar-refractivity contribution in [1.82, 2.24) is 0 Å². The van der Waals surface area contributed by atoms with Crippen LogP contribution in [0.2, 0.25) is 0 Å². The maximum absolute atomic E-state index is 11.2. The molecule has 0 heterocycles. The van der Waals surface area contributed by atoms with Crippen molar-refractivity contribution in [3.8, 4) is 0 Å². The van der Waals surface area contributed by atoms with Crippen LogP contribution in [0.15, 0.2) is 12.1 Å². The predicted molar refractivity (Wildman–Crippen MR) is 52.9 cm³/mol. The molecule has 0 amide bonds. The predicted octanol–water partition coefficient (Wildman–Crippen LogP) is 2.20. The van der Waals surface area contributed by atoms with Gasteiger partial charge in [-0.2, -0.15) is 0 Å². The van der Waals surface area contributed by atoms with Crippen LogP contribution in [-0.2, 0) is 0 Å². The molecule has 0 spiro atoms. The van der Waals surface area contributed by atoms with Gasteiger partial charge in [0.25, 0.3) is 0 Å². The van der Waals surface area contributed by atoms with Crippen molar-refractivity contribution >= 4 is 11.8 Å². The summed E-state index contributed by atoms with van der Waals surface area (Å²) in [4.78, 5) is 21.9. The van der Waals surface area contributed by atoms with Crippen LogP contribution in [0.4, 0.5) is 0 Å². The summed E-state index contributed by atoms with van der Waals surface area (Å²) in [6, 6.07) is 3.04. The average molecular weight is 192 g/mol. The molecule has 0 radical (unpaired) electrons. The fourth-order valence-corrected chi connectivity index (χ4v) is 1.43. The number of ketones is 1. The Hall–Kier alpha value is -1.64. The van der Waals surface area contributed by atoms with Crippen LogP contribution in [0, 0.1) is 13.8 Å². The highest BCUT2D eigenvalue weighted by Crippen LogP contribution is 2.18. The number of hydrogen-bond donors (Lipinski definition) is 1. The summed E-state index contributed by atoms with van der Waals surface area (Å²) in [7, 11) is 0. The van der Waals surface area contributed by atoms with Gasteiger partial charge in [-0.1, -0.05) is 6.07 Å². The lowest BCUT2D eigenvalue weighted by Gasteiger charge is -2.08. The second kappa shape index (κ2) is 3.62. The van der Waals surface area contributed by atoms with Crippen LogP contribution in [0.25, 0.3) is 0 Å². The first-order chi connectivity index (χ1) is 6.45. The molecule has 0 aromatic heterocycles. The number of carbonyl (C=O) groups excluding carboxylic acids is 1. The van der Waals surface area contributed by atoms with Crippen molar-refractivity contribution in [3.63, 3.8) is 0 Å². The molecule has 1 N–H and O–H groups in total. The van der Waals surface area contributed by atoms with Crippen LogP contribution >= 0.6 is 0 Å².